The minimum absolute atomic E-state index is 0.0955. The first-order valence-electron chi connectivity index (χ1n) is 7.95. The highest BCUT2D eigenvalue weighted by atomic mass is 16.1. The molecule has 0 aliphatic carbocycles. The van der Waals surface area contributed by atoms with Crippen molar-refractivity contribution in [1.82, 2.24) is 15.0 Å². The Balaban J connectivity index is 1.88. The van der Waals surface area contributed by atoms with Crippen LogP contribution in [-0.2, 0) is 6.42 Å². The highest BCUT2D eigenvalue weighted by Gasteiger charge is 2.09. The molecule has 2 aromatic heterocycles. The summed E-state index contributed by atoms with van der Waals surface area (Å²) in [5.74, 6) is 0.673. The van der Waals surface area contributed by atoms with Crippen LogP contribution in [0.3, 0.4) is 0 Å². The normalized spacial score (nSPS) is 11.2. The van der Waals surface area contributed by atoms with E-state index in [1.807, 2.05) is 31.2 Å². The van der Waals surface area contributed by atoms with E-state index in [4.69, 9.17) is 0 Å². The van der Waals surface area contributed by atoms with Gasteiger partial charge >= 0.3 is 0 Å². The van der Waals surface area contributed by atoms with Crippen molar-refractivity contribution in [3.63, 3.8) is 0 Å². The first-order valence-corrected chi connectivity index (χ1v) is 7.95. The number of aryl methyl sites for hydroxylation is 2. The topological polar surface area (TPSA) is 58.6 Å². The molecule has 0 fully saturated rings. The van der Waals surface area contributed by atoms with E-state index in [0.717, 1.165) is 27.7 Å². The van der Waals surface area contributed by atoms with Crippen LogP contribution < -0.4 is 5.56 Å². The SMILES string of the molecule is Cc1ccc2nc(C)cc(Cc3nc4ccccc4c(=O)[nH]3)c2c1. The fraction of sp³-hybridized carbons (Fsp3) is 0.150. The fourth-order valence-corrected chi connectivity index (χ4v) is 3.10. The number of pyridine rings is 1. The van der Waals surface area contributed by atoms with Crippen LogP contribution in [0.25, 0.3) is 21.8 Å². The van der Waals surface area contributed by atoms with Crippen molar-refractivity contribution in [1.29, 1.82) is 0 Å². The maximum atomic E-state index is 12.3. The van der Waals surface area contributed by atoms with E-state index >= 15 is 0 Å². The molecule has 4 nitrogen and oxygen atoms in total. The molecule has 2 heterocycles. The lowest BCUT2D eigenvalue weighted by Crippen LogP contribution is -2.12. The molecule has 2 aromatic carbocycles. The first kappa shape index (κ1) is 14.6. The monoisotopic (exact) mass is 315 g/mol. The van der Waals surface area contributed by atoms with E-state index in [0.29, 0.717) is 17.6 Å². The zero-order chi connectivity index (χ0) is 16.7. The highest BCUT2D eigenvalue weighted by molar-refractivity contribution is 5.83. The number of hydrogen-bond donors (Lipinski definition) is 1. The lowest BCUT2D eigenvalue weighted by molar-refractivity contribution is 0.974. The van der Waals surface area contributed by atoms with Gasteiger partial charge in [0.25, 0.3) is 5.56 Å². The van der Waals surface area contributed by atoms with Crippen LogP contribution in [0.1, 0.15) is 22.6 Å². The van der Waals surface area contributed by atoms with Crippen molar-refractivity contribution in [3.8, 4) is 0 Å². The van der Waals surface area contributed by atoms with Crippen LogP contribution in [-0.4, -0.2) is 15.0 Å². The van der Waals surface area contributed by atoms with Crippen molar-refractivity contribution >= 4 is 21.8 Å². The molecule has 1 N–H and O–H groups in total. The van der Waals surface area contributed by atoms with Crippen LogP contribution in [0.5, 0.6) is 0 Å². The Labute approximate surface area is 139 Å². The van der Waals surface area contributed by atoms with Crippen molar-refractivity contribution in [2.75, 3.05) is 0 Å². The van der Waals surface area contributed by atoms with E-state index < -0.39 is 0 Å². The van der Waals surface area contributed by atoms with Crippen molar-refractivity contribution in [3.05, 3.63) is 81.5 Å². The van der Waals surface area contributed by atoms with Gasteiger partial charge in [0.1, 0.15) is 5.82 Å². The molecule has 4 aromatic rings. The number of H-pyrrole nitrogens is 1. The number of benzene rings is 2. The Morgan fingerprint density at radius 2 is 1.71 bits per heavy atom. The largest absolute Gasteiger partial charge is 0.310 e. The molecule has 0 aliphatic rings. The summed E-state index contributed by atoms with van der Waals surface area (Å²) < 4.78 is 0. The van der Waals surface area contributed by atoms with Gasteiger partial charge in [-0.2, -0.15) is 0 Å². The van der Waals surface area contributed by atoms with E-state index in [1.54, 1.807) is 6.07 Å². The second-order valence-electron chi connectivity index (χ2n) is 6.15. The van der Waals surface area contributed by atoms with Crippen molar-refractivity contribution < 1.29 is 0 Å². The smallest absolute Gasteiger partial charge is 0.258 e. The predicted octanol–water partition coefficient (Wildman–Crippen LogP) is 3.68. The van der Waals surface area contributed by atoms with Gasteiger partial charge in [-0.15, -0.1) is 0 Å². The average Bonchev–Trinajstić information content (AvgIpc) is 2.55. The second-order valence-corrected chi connectivity index (χ2v) is 6.15. The maximum absolute atomic E-state index is 12.3. The molecule has 4 heteroatoms. The van der Waals surface area contributed by atoms with Gasteiger partial charge < -0.3 is 4.98 Å². The van der Waals surface area contributed by atoms with E-state index in [1.165, 1.54) is 5.56 Å². The minimum Gasteiger partial charge on any atom is -0.310 e. The molecule has 0 saturated heterocycles. The van der Waals surface area contributed by atoms with Crippen molar-refractivity contribution in [2.45, 2.75) is 20.3 Å². The third-order valence-corrected chi connectivity index (χ3v) is 4.20. The Kier molecular flexibility index (Phi) is 3.38. The number of para-hydroxylation sites is 1. The Morgan fingerprint density at radius 1 is 0.917 bits per heavy atom. The number of fused-ring (bicyclic) bond motifs is 2. The van der Waals surface area contributed by atoms with Crippen molar-refractivity contribution in [2.24, 2.45) is 0 Å². The molecular formula is C20H17N3O. The van der Waals surface area contributed by atoms with Gasteiger partial charge in [0.05, 0.1) is 16.4 Å². The third kappa shape index (κ3) is 2.56. The molecule has 0 amide bonds. The first-order chi connectivity index (χ1) is 11.6. The fourth-order valence-electron chi connectivity index (χ4n) is 3.10. The molecule has 0 radical (unpaired) electrons. The molecule has 0 saturated carbocycles. The lowest BCUT2D eigenvalue weighted by atomic mass is 10.0. The molecule has 4 rings (SSSR count). The third-order valence-electron chi connectivity index (χ3n) is 4.20. The van der Waals surface area contributed by atoms with E-state index in [2.05, 4.69) is 40.1 Å². The molecule has 0 unspecified atom stereocenters. The van der Waals surface area contributed by atoms with Gasteiger partial charge in [0, 0.05) is 17.5 Å². The molecule has 24 heavy (non-hydrogen) atoms. The van der Waals surface area contributed by atoms with Gasteiger partial charge in [-0.05, 0) is 49.7 Å². The molecular weight excluding hydrogens is 298 g/mol. The van der Waals surface area contributed by atoms with Gasteiger partial charge in [-0.1, -0.05) is 23.8 Å². The number of nitrogens with one attached hydrogen (secondary N) is 1. The molecule has 0 bridgehead atoms. The predicted molar refractivity (Wildman–Crippen MR) is 96.4 cm³/mol. The minimum atomic E-state index is -0.0955. The zero-order valence-corrected chi connectivity index (χ0v) is 13.6. The number of nitrogens with zero attached hydrogens (tertiary/aromatic N) is 2. The molecule has 118 valence electrons. The summed E-state index contributed by atoms with van der Waals surface area (Å²) in [6.07, 6.45) is 0.573. The zero-order valence-electron chi connectivity index (χ0n) is 13.6. The van der Waals surface area contributed by atoms with E-state index in [9.17, 15) is 4.79 Å². The summed E-state index contributed by atoms with van der Waals surface area (Å²) in [5, 5.41) is 1.73. The maximum Gasteiger partial charge on any atom is 0.258 e. The van der Waals surface area contributed by atoms with Crippen LogP contribution >= 0.6 is 0 Å². The molecule has 0 spiro atoms. The van der Waals surface area contributed by atoms with Crippen LogP contribution in [0.15, 0.2) is 53.3 Å². The summed E-state index contributed by atoms with van der Waals surface area (Å²) in [5.41, 5.74) is 4.88. The summed E-state index contributed by atoms with van der Waals surface area (Å²) in [6.45, 7) is 4.05. The Morgan fingerprint density at radius 3 is 2.58 bits per heavy atom. The molecule has 0 atom stereocenters. The quantitative estimate of drug-likeness (QED) is 0.614. The summed E-state index contributed by atoms with van der Waals surface area (Å²) in [6, 6.07) is 15.7. The Hall–Kier alpha value is -3.01. The Bertz CT molecular complexity index is 1130. The average molecular weight is 315 g/mol. The number of aromatic amines is 1. The summed E-state index contributed by atoms with van der Waals surface area (Å²) in [7, 11) is 0. The van der Waals surface area contributed by atoms with Gasteiger partial charge in [-0.3, -0.25) is 9.78 Å². The van der Waals surface area contributed by atoms with Gasteiger partial charge in [-0.25, -0.2) is 4.98 Å². The molecule has 0 aliphatic heterocycles. The van der Waals surface area contributed by atoms with E-state index in [-0.39, 0.29) is 5.56 Å². The van der Waals surface area contributed by atoms with Crippen LogP contribution in [0.4, 0.5) is 0 Å². The van der Waals surface area contributed by atoms with Gasteiger partial charge in [0.2, 0.25) is 0 Å². The summed E-state index contributed by atoms with van der Waals surface area (Å²) >= 11 is 0. The second kappa shape index (κ2) is 5.57. The number of rotatable bonds is 2. The number of hydrogen-bond acceptors (Lipinski definition) is 3. The summed E-state index contributed by atoms with van der Waals surface area (Å²) in [4.78, 5) is 24.4. The highest BCUT2D eigenvalue weighted by Crippen LogP contribution is 2.22. The van der Waals surface area contributed by atoms with Crippen LogP contribution in [0.2, 0.25) is 0 Å². The number of aromatic nitrogens is 3. The van der Waals surface area contributed by atoms with Gasteiger partial charge in [0.15, 0.2) is 0 Å². The van der Waals surface area contributed by atoms with Crippen LogP contribution in [0, 0.1) is 13.8 Å². The standard InChI is InChI=1S/C20H17N3O/c1-12-7-8-18-16(9-12)14(10-13(2)21-18)11-19-22-17-6-4-3-5-15(17)20(24)23-19/h3-10H,11H2,1-2H3,(H,22,23,24). The lowest BCUT2D eigenvalue weighted by Gasteiger charge is -2.09.